The molecule has 0 saturated carbocycles. The standard InChI is InChI=1S/C14H16N.C4HF9O3S/c1-15(2,13-9-5-3-6-10-13)14-11-7-4-8-12-14;5-1(6,3(9,10)11)2(7,8)4(12,13)17(14,15)16/h3-12H,1-2H3;(H,14,15,16)/q+1;/p-1. The van der Waals surface area contributed by atoms with Crippen molar-refractivity contribution in [2.75, 3.05) is 14.1 Å². The minimum absolute atomic E-state index is 0.779. The van der Waals surface area contributed by atoms with Crippen LogP contribution in [0.3, 0.4) is 0 Å². The maximum Gasteiger partial charge on any atom is 0.460 e. The highest BCUT2D eigenvalue weighted by Gasteiger charge is 2.83. The van der Waals surface area contributed by atoms with Gasteiger partial charge in [0.2, 0.25) is 0 Å². The first kappa shape index (κ1) is 27.7. The molecule has 0 fully saturated rings. The van der Waals surface area contributed by atoms with E-state index in [0.717, 1.165) is 4.48 Å². The predicted molar refractivity (Wildman–Crippen MR) is 96.8 cm³/mol. The van der Waals surface area contributed by atoms with Crippen LogP contribution >= 0.6 is 0 Å². The van der Waals surface area contributed by atoms with Crippen molar-refractivity contribution in [3.05, 3.63) is 60.7 Å². The van der Waals surface area contributed by atoms with Crippen molar-refractivity contribution in [1.29, 1.82) is 0 Å². The molecular formula is C18H16F9NO3S. The van der Waals surface area contributed by atoms with Crippen LogP contribution < -0.4 is 4.48 Å². The van der Waals surface area contributed by atoms with Gasteiger partial charge >= 0.3 is 23.3 Å². The first-order chi connectivity index (χ1) is 14.2. The molecule has 0 amide bonds. The molecule has 0 unspecified atom stereocenters. The second-order valence-corrected chi connectivity index (χ2v) is 8.16. The largest absolute Gasteiger partial charge is 0.743 e. The third kappa shape index (κ3) is 5.18. The Labute approximate surface area is 177 Å². The fraction of sp³-hybridized carbons (Fsp3) is 0.333. The van der Waals surface area contributed by atoms with Crippen molar-refractivity contribution in [3.8, 4) is 0 Å². The number of quaternary nitrogens is 1. The van der Waals surface area contributed by atoms with Gasteiger partial charge in [0.25, 0.3) is 0 Å². The first-order valence-corrected chi connectivity index (χ1v) is 9.73. The van der Waals surface area contributed by atoms with Gasteiger partial charge in [-0.2, -0.15) is 39.5 Å². The molecular weight excluding hydrogens is 481 g/mol. The monoisotopic (exact) mass is 497 g/mol. The minimum atomic E-state index is -7.43. The van der Waals surface area contributed by atoms with Crippen molar-refractivity contribution >= 4 is 21.5 Å². The fourth-order valence-corrected chi connectivity index (χ4v) is 2.71. The molecule has 0 saturated heterocycles. The van der Waals surface area contributed by atoms with E-state index in [4.69, 9.17) is 0 Å². The molecule has 0 radical (unpaired) electrons. The summed E-state index contributed by atoms with van der Waals surface area (Å²) < 4.78 is 136. The van der Waals surface area contributed by atoms with Crippen LogP contribution in [0.15, 0.2) is 60.7 Å². The Morgan fingerprint density at radius 3 is 1.22 bits per heavy atom. The molecule has 0 atom stereocenters. The smallest absolute Gasteiger partial charge is 0.460 e. The summed E-state index contributed by atoms with van der Waals surface area (Å²) in [6.45, 7) is 0. The molecule has 0 aromatic heterocycles. The van der Waals surface area contributed by atoms with Gasteiger partial charge in [-0.25, -0.2) is 8.42 Å². The molecule has 32 heavy (non-hydrogen) atoms. The van der Waals surface area contributed by atoms with Crippen LogP contribution in [-0.4, -0.2) is 50.3 Å². The van der Waals surface area contributed by atoms with Crippen LogP contribution in [0.1, 0.15) is 0 Å². The lowest BCUT2D eigenvalue weighted by Crippen LogP contribution is -2.63. The third-order valence-electron chi connectivity index (χ3n) is 4.23. The number of hydrogen-bond acceptors (Lipinski definition) is 3. The quantitative estimate of drug-likeness (QED) is 0.310. The Bertz CT molecular complexity index is 952. The van der Waals surface area contributed by atoms with Crippen molar-refractivity contribution in [3.63, 3.8) is 0 Å². The molecule has 0 bridgehead atoms. The summed E-state index contributed by atoms with van der Waals surface area (Å²) >= 11 is 0. The molecule has 14 heteroatoms. The van der Waals surface area contributed by atoms with Crippen LogP contribution in [0.25, 0.3) is 0 Å². The van der Waals surface area contributed by atoms with Gasteiger partial charge < -0.3 is 4.55 Å². The Morgan fingerprint density at radius 2 is 0.969 bits per heavy atom. The molecule has 2 aromatic carbocycles. The van der Waals surface area contributed by atoms with Gasteiger partial charge in [-0.1, -0.05) is 36.4 Å². The zero-order valence-electron chi connectivity index (χ0n) is 16.3. The zero-order chi connectivity index (χ0) is 25.2. The number of hydrogen-bond donors (Lipinski definition) is 0. The molecule has 0 N–H and O–H groups in total. The van der Waals surface area contributed by atoms with Gasteiger partial charge in [0.15, 0.2) is 10.1 Å². The number of halogens is 9. The Hall–Kier alpha value is -2.32. The van der Waals surface area contributed by atoms with Gasteiger partial charge in [0, 0.05) is 0 Å². The van der Waals surface area contributed by atoms with Gasteiger partial charge in [-0.15, -0.1) is 0 Å². The van der Waals surface area contributed by atoms with E-state index >= 15 is 0 Å². The number of benzene rings is 2. The maximum absolute atomic E-state index is 12.2. The molecule has 0 aliphatic rings. The molecule has 2 rings (SSSR count). The van der Waals surface area contributed by atoms with Crippen molar-refractivity contribution in [2.24, 2.45) is 0 Å². The van der Waals surface area contributed by atoms with E-state index in [1.54, 1.807) is 0 Å². The summed E-state index contributed by atoms with van der Waals surface area (Å²) in [5, 5.41) is -7.11. The van der Waals surface area contributed by atoms with Gasteiger partial charge in [-0.05, 0) is 24.3 Å². The van der Waals surface area contributed by atoms with E-state index in [-0.39, 0.29) is 0 Å². The molecule has 0 heterocycles. The lowest BCUT2D eigenvalue weighted by atomic mass is 10.1. The third-order valence-corrected chi connectivity index (χ3v) is 5.12. The number of nitrogens with zero attached hydrogens (tertiary/aromatic N) is 1. The molecule has 180 valence electrons. The van der Waals surface area contributed by atoms with Crippen LogP contribution in [0, 0.1) is 0 Å². The number of alkyl halides is 9. The van der Waals surface area contributed by atoms with Crippen molar-refractivity contribution < 1.29 is 52.5 Å². The highest BCUT2D eigenvalue weighted by atomic mass is 32.2. The zero-order valence-corrected chi connectivity index (χ0v) is 17.1. The average molecular weight is 497 g/mol. The van der Waals surface area contributed by atoms with Gasteiger partial charge in [0.1, 0.15) is 11.4 Å². The summed E-state index contributed by atoms with van der Waals surface area (Å²) in [6.07, 6.45) is -7.16. The molecule has 4 nitrogen and oxygen atoms in total. The molecule has 0 aliphatic carbocycles. The predicted octanol–water partition coefficient (Wildman–Crippen LogP) is 5.54. The SMILES string of the molecule is C[N+](C)(c1ccccc1)c1ccccc1.O=S(=O)([O-])C(F)(F)C(F)(F)C(F)(F)C(F)(F)F. The van der Waals surface area contributed by atoms with E-state index in [0.29, 0.717) is 0 Å². The van der Waals surface area contributed by atoms with Gasteiger partial charge in [0.05, 0.1) is 14.1 Å². The average Bonchev–Trinajstić information content (AvgIpc) is 2.68. The van der Waals surface area contributed by atoms with Crippen LogP contribution in [0.4, 0.5) is 50.9 Å². The van der Waals surface area contributed by atoms with Crippen molar-refractivity contribution in [1.82, 2.24) is 4.48 Å². The second-order valence-electron chi connectivity index (χ2n) is 6.74. The Balaban J connectivity index is 0.000000321. The fourth-order valence-electron chi connectivity index (χ4n) is 2.27. The number of rotatable bonds is 5. The summed E-state index contributed by atoms with van der Waals surface area (Å²) in [5.41, 5.74) is 2.59. The summed E-state index contributed by atoms with van der Waals surface area (Å²) in [7, 11) is -3.02. The normalized spacial score (nSPS) is 13.9. The van der Waals surface area contributed by atoms with E-state index in [1.165, 1.54) is 11.4 Å². The second kappa shape index (κ2) is 8.90. The van der Waals surface area contributed by atoms with Crippen LogP contribution in [0.2, 0.25) is 0 Å². The topological polar surface area (TPSA) is 57.2 Å². The van der Waals surface area contributed by atoms with E-state index in [2.05, 4.69) is 74.8 Å². The summed E-state index contributed by atoms with van der Waals surface area (Å²) in [6, 6.07) is 21.1. The summed E-state index contributed by atoms with van der Waals surface area (Å²) in [5.74, 6) is -14.8. The Kier molecular flexibility index (Phi) is 7.71. The highest BCUT2D eigenvalue weighted by molar-refractivity contribution is 7.86. The maximum atomic E-state index is 12.2. The van der Waals surface area contributed by atoms with E-state index in [1.807, 2.05) is 0 Å². The van der Waals surface area contributed by atoms with Crippen molar-refractivity contribution in [2.45, 2.75) is 23.3 Å². The van der Waals surface area contributed by atoms with Crippen LogP contribution in [-0.2, 0) is 10.1 Å². The molecule has 0 spiro atoms. The van der Waals surface area contributed by atoms with E-state index < -0.39 is 33.4 Å². The lowest BCUT2D eigenvalue weighted by Gasteiger charge is -2.34. The van der Waals surface area contributed by atoms with Gasteiger partial charge in [-0.3, -0.25) is 4.48 Å². The van der Waals surface area contributed by atoms with E-state index in [9.17, 15) is 52.5 Å². The van der Waals surface area contributed by atoms with Crippen LogP contribution in [0.5, 0.6) is 0 Å². The number of para-hydroxylation sites is 2. The highest BCUT2D eigenvalue weighted by Crippen LogP contribution is 2.54. The minimum Gasteiger partial charge on any atom is -0.743 e. The Morgan fingerprint density at radius 1 is 0.656 bits per heavy atom. The first-order valence-electron chi connectivity index (χ1n) is 8.32. The molecule has 0 aliphatic heterocycles. The lowest BCUT2D eigenvalue weighted by molar-refractivity contribution is -0.382. The summed E-state index contributed by atoms with van der Waals surface area (Å²) in [4.78, 5) is 0. The molecule has 2 aromatic rings.